The van der Waals surface area contributed by atoms with Crippen LogP contribution in [0, 0.1) is 6.92 Å². The fourth-order valence-electron chi connectivity index (χ4n) is 2.79. The summed E-state index contributed by atoms with van der Waals surface area (Å²) in [7, 11) is 0. The Hall–Kier alpha value is -3.44. The van der Waals surface area contributed by atoms with E-state index in [0.29, 0.717) is 6.61 Å². The topological polar surface area (TPSA) is 68.5 Å². The minimum atomic E-state index is -0.947. The molecule has 0 saturated carbocycles. The predicted octanol–water partition coefficient (Wildman–Crippen LogP) is 5.37. The smallest absolute Gasteiger partial charge is 0.332 e. The van der Waals surface area contributed by atoms with Gasteiger partial charge in [-0.3, -0.25) is 4.79 Å². The highest BCUT2D eigenvalue weighted by molar-refractivity contribution is 6.08. The van der Waals surface area contributed by atoms with E-state index in [9.17, 15) is 9.59 Å². The molecule has 1 heterocycles. The molecule has 3 aromatic rings. The minimum absolute atomic E-state index is 0.0897. The standard InChI is InChI=1S/C14H15NO.C12H14O3/c1-3-15-10-4-5-13(15)14(16)12-8-6-11(2)7-9-12;1-3-10-4-6-11(7-5-10)8-15-9(2)12(13)14/h4-10H,3H2,1-2H3;3-7,9H,1,8H2,2H3,(H,13,14). The van der Waals surface area contributed by atoms with Crippen molar-refractivity contribution in [3.05, 3.63) is 101 Å². The van der Waals surface area contributed by atoms with Crippen molar-refractivity contribution < 1.29 is 19.4 Å². The lowest BCUT2D eigenvalue weighted by atomic mass is 10.1. The van der Waals surface area contributed by atoms with Gasteiger partial charge in [-0.2, -0.15) is 0 Å². The van der Waals surface area contributed by atoms with Gasteiger partial charge in [0, 0.05) is 18.3 Å². The molecular formula is C26H29NO4. The number of carboxylic acid groups (broad SMARTS) is 1. The zero-order valence-electron chi connectivity index (χ0n) is 18.2. The van der Waals surface area contributed by atoms with E-state index in [1.807, 2.05) is 85.3 Å². The number of nitrogens with zero attached hydrogens (tertiary/aromatic N) is 1. The summed E-state index contributed by atoms with van der Waals surface area (Å²) in [5, 5.41) is 8.60. The average Bonchev–Trinajstić information content (AvgIpc) is 3.27. The summed E-state index contributed by atoms with van der Waals surface area (Å²) in [6, 6.07) is 19.1. The second kappa shape index (κ2) is 11.7. The van der Waals surface area contributed by atoms with E-state index in [4.69, 9.17) is 9.84 Å². The lowest BCUT2D eigenvalue weighted by Crippen LogP contribution is -2.19. The number of hydrogen-bond acceptors (Lipinski definition) is 3. The van der Waals surface area contributed by atoms with Crippen LogP contribution in [0.1, 0.15) is 46.6 Å². The van der Waals surface area contributed by atoms with Crippen molar-refractivity contribution in [3.8, 4) is 0 Å². The zero-order valence-corrected chi connectivity index (χ0v) is 18.2. The summed E-state index contributed by atoms with van der Waals surface area (Å²) < 4.78 is 7.10. The number of hydrogen-bond donors (Lipinski definition) is 1. The number of rotatable bonds is 8. The Labute approximate surface area is 183 Å². The fraction of sp³-hybridized carbons (Fsp3) is 0.231. The van der Waals surface area contributed by atoms with Gasteiger partial charge in [-0.1, -0.05) is 66.7 Å². The van der Waals surface area contributed by atoms with E-state index in [1.54, 1.807) is 6.08 Å². The maximum absolute atomic E-state index is 12.2. The molecule has 162 valence electrons. The average molecular weight is 420 g/mol. The second-order valence-electron chi connectivity index (χ2n) is 7.11. The van der Waals surface area contributed by atoms with Crippen molar-refractivity contribution in [2.75, 3.05) is 0 Å². The van der Waals surface area contributed by atoms with Gasteiger partial charge >= 0.3 is 5.97 Å². The van der Waals surface area contributed by atoms with E-state index in [2.05, 4.69) is 6.58 Å². The Morgan fingerprint density at radius 3 is 2.29 bits per heavy atom. The van der Waals surface area contributed by atoms with Gasteiger partial charge in [0.25, 0.3) is 0 Å². The molecule has 2 aromatic carbocycles. The van der Waals surface area contributed by atoms with Crippen LogP contribution in [0.5, 0.6) is 0 Å². The predicted molar refractivity (Wildman–Crippen MR) is 123 cm³/mol. The molecule has 0 aliphatic heterocycles. The van der Waals surface area contributed by atoms with Crippen molar-refractivity contribution >= 4 is 17.8 Å². The quantitative estimate of drug-likeness (QED) is 0.499. The largest absolute Gasteiger partial charge is 0.479 e. The van der Waals surface area contributed by atoms with Crippen molar-refractivity contribution in [2.45, 2.75) is 40.0 Å². The molecule has 0 saturated heterocycles. The third kappa shape index (κ3) is 7.08. The first-order valence-corrected chi connectivity index (χ1v) is 10.2. The molecule has 1 atom stereocenters. The number of aromatic nitrogens is 1. The second-order valence-corrected chi connectivity index (χ2v) is 7.11. The van der Waals surface area contributed by atoms with Crippen LogP contribution in [0.2, 0.25) is 0 Å². The number of carbonyl (C=O) groups excluding carboxylic acids is 1. The van der Waals surface area contributed by atoms with Crippen LogP contribution in [0.4, 0.5) is 0 Å². The van der Waals surface area contributed by atoms with Crippen molar-refractivity contribution in [1.29, 1.82) is 0 Å². The zero-order chi connectivity index (χ0) is 22.8. The van der Waals surface area contributed by atoms with E-state index >= 15 is 0 Å². The highest BCUT2D eigenvalue weighted by atomic mass is 16.5. The molecule has 31 heavy (non-hydrogen) atoms. The summed E-state index contributed by atoms with van der Waals surface area (Å²) in [6.45, 7) is 10.3. The van der Waals surface area contributed by atoms with Crippen LogP contribution in [0.15, 0.2) is 73.4 Å². The third-order valence-corrected chi connectivity index (χ3v) is 4.78. The first kappa shape index (κ1) is 23.8. The van der Waals surface area contributed by atoms with Gasteiger partial charge in [-0.05, 0) is 44.0 Å². The number of benzene rings is 2. The Kier molecular flexibility index (Phi) is 8.97. The third-order valence-electron chi connectivity index (χ3n) is 4.78. The highest BCUT2D eigenvalue weighted by Gasteiger charge is 2.12. The highest BCUT2D eigenvalue weighted by Crippen LogP contribution is 2.12. The number of carboxylic acids is 1. The summed E-state index contributed by atoms with van der Waals surface area (Å²) in [5.74, 6) is -0.857. The molecule has 0 radical (unpaired) electrons. The van der Waals surface area contributed by atoms with Gasteiger partial charge in [0.2, 0.25) is 5.78 Å². The lowest BCUT2D eigenvalue weighted by molar-refractivity contribution is -0.149. The molecule has 0 amide bonds. The summed E-state index contributed by atoms with van der Waals surface area (Å²) in [4.78, 5) is 22.7. The summed E-state index contributed by atoms with van der Waals surface area (Å²) in [6.07, 6.45) is 2.91. The lowest BCUT2D eigenvalue weighted by Gasteiger charge is -2.08. The summed E-state index contributed by atoms with van der Waals surface area (Å²) >= 11 is 0. The van der Waals surface area contributed by atoms with Crippen LogP contribution < -0.4 is 0 Å². The van der Waals surface area contributed by atoms with E-state index in [1.165, 1.54) is 12.5 Å². The fourth-order valence-corrected chi connectivity index (χ4v) is 2.79. The first-order chi connectivity index (χ1) is 14.8. The van der Waals surface area contributed by atoms with Gasteiger partial charge < -0.3 is 14.4 Å². The Morgan fingerprint density at radius 1 is 1.10 bits per heavy atom. The van der Waals surface area contributed by atoms with E-state index in [-0.39, 0.29) is 5.78 Å². The van der Waals surface area contributed by atoms with Crippen LogP contribution >= 0.6 is 0 Å². The molecule has 5 heteroatoms. The number of ether oxygens (including phenoxy) is 1. The van der Waals surface area contributed by atoms with Crippen LogP contribution in [0.25, 0.3) is 6.08 Å². The molecule has 0 bridgehead atoms. The number of ketones is 1. The van der Waals surface area contributed by atoms with Gasteiger partial charge in [0.15, 0.2) is 6.10 Å². The Balaban J connectivity index is 0.000000221. The molecule has 5 nitrogen and oxygen atoms in total. The first-order valence-electron chi connectivity index (χ1n) is 10.2. The molecule has 3 rings (SSSR count). The van der Waals surface area contributed by atoms with Crippen molar-refractivity contribution in [2.24, 2.45) is 0 Å². The van der Waals surface area contributed by atoms with Crippen LogP contribution in [-0.2, 0) is 22.7 Å². The Morgan fingerprint density at radius 2 is 1.74 bits per heavy atom. The maximum Gasteiger partial charge on any atom is 0.332 e. The monoisotopic (exact) mass is 419 g/mol. The van der Waals surface area contributed by atoms with Crippen molar-refractivity contribution in [1.82, 2.24) is 4.57 Å². The number of aliphatic carboxylic acids is 1. The number of aryl methyl sites for hydroxylation is 2. The molecule has 1 unspecified atom stereocenters. The van der Waals surface area contributed by atoms with Gasteiger partial charge in [-0.25, -0.2) is 4.79 Å². The minimum Gasteiger partial charge on any atom is -0.479 e. The van der Waals surface area contributed by atoms with Crippen LogP contribution in [0.3, 0.4) is 0 Å². The molecule has 0 aliphatic rings. The van der Waals surface area contributed by atoms with Crippen LogP contribution in [-0.4, -0.2) is 27.5 Å². The van der Waals surface area contributed by atoms with Gasteiger partial charge in [0.05, 0.1) is 12.3 Å². The maximum atomic E-state index is 12.2. The van der Waals surface area contributed by atoms with E-state index < -0.39 is 12.1 Å². The molecule has 1 N–H and O–H groups in total. The Bertz CT molecular complexity index is 1000. The molecule has 0 spiro atoms. The summed E-state index contributed by atoms with van der Waals surface area (Å²) in [5.41, 5.74) is 4.66. The normalized spacial score (nSPS) is 11.2. The van der Waals surface area contributed by atoms with E-state index in [0.717, 1.165) is 28.9 Å². The molecule has 1 aromatic heterocycles. The number of carbonyl (C=O) groups is 2. The molecular weight excluding hydrogens is 390 g/mol. The molecule has 0 aliphatic carbocycles. The molecule has 0 fully saturated rings. The van der Waals surface area contributed by atoms with Crippen molar-refractivity contribution in [3.63, 3.8) is 0 Å². The van der Waals surface area contributed by atoms with Gasteiger partial charge in [0.1, 0.15) is 0 Å². The van der Waals surface area contributed by atoms with Gasteiger partial charge in [-0.15, -0.1) is 0 Å². The SMILES string of the molecule is C=Cc1ccc(COC(C)C(=O)O)cc1.CCn1cccc1C(=O)c1ccc(C)cc1.